The van der Waals surface area contributed by atoms with Gasteiger partial charge in [0.1, 0.15) is 0 Å². The van der Waals surface area contributed by atoms with Crippen LogP contribution in [0.25, 0.3) is 0 Å². The fraction of sp³-hybridized carbons (Fsp3) is 0.200. The van der Waals surface area contributed by atoms with Gasteiger partial charge in [-0.3, -0.25) is 4.99 Å². The van der Waals surface area contributed by atoms with Crippen LogP contribution in [0.1, 0.15) is 36.6 Å². The molecular weight excluding hydrogens is 652 g/mol. The first-order valence-electron chi connectivity index (χ1n) is 16.7. The predicted octanol–water partition coefficient (Wildman–Crippen LogP) is 1.84. The summed E-state index contributed by atoms with van der Waals surface area (Å²) in [5, 5.41) is 8.79. The molecule has 1 heterocycles. The molecule has 5 aromatic carbocycles. The topological polar surface area (TPSA) is 85.6 Å². The Balaban J connectivity index is 0.00000468. The van der Waals surface area contributed by atoms with Crippen molar-refractivity contribution in [2.75, 3.05) is 19.3 Å². The van der Waals surface area contributed by atoms with Gasteiger partial charge in [0.2, 0.25) is 0 Å². The molecule has 0 spiro atoms. The smallest absolute Gasteiger partial charge is 1.00 e. The monoisotopic (exact) mass is 695 g/mol. The van der Waals surface area contributed by atoms with Crippen molar-refractivity contribution in [2.24, 2.45) is 10.7 Å². The summed E-state index contributed by atoms with van der Waals surface area (Å²) >= 11 is 0. The molecule has 6 nitrogen and oxygen atoms in total. The van der Waals surface area contributed by atoms with E-state index in [0.717, 1.165) is 65.4 Å². The number of benzene rings is 5. The standard InChI is InChI=1S/C40H43FN5OP.ClH/c41-48(35-18-8-2-9-19-35,36-20-10-3-11-21-36,37-22-12-4-13-23-37)31-15-5-14-30-47-34-26-24-33(25-27-34)38-44-39(42)46-40(45-38)43-29-28-32-16-6-1-7-17-32;/h1-4,6-13,16-27,38H,5,14-15,28-31H2,(H4,42,43,44,45,46);1H. The van der Waals surface area contributed by atoms with Crippen molar-refractivity contribution in [2.45, 2.75) is 31.8 Å². The van der Waals surface area contributed by atoms with E-state index in [2.05, 4.69) is 32.8 Å². The Hall–Kier alpha value is -4.71. The molecule has 5 aromatic rings. The second-order valence-corrected chi connectivity index (χ2v) is 16.5. The Labute approximate surface area is 295 Å². The number of hydrogen-bond donors (Lipinski definition) is 4. The van der Waals surface area contributed by atoms with Crippen LogP contribution in [-0.4, -0.2) is 31.2 Å². The first-order valence-corrected chi connectivity index (χ1v) is 19.0. The number of halogens is 2. The predicted molar refractivity (Wildman–Crippen MR) is 199 cm³/mol. The quantitative estimate of drug-likeness (QED) is 0.106. The molecule has 0 radical (unpaired) electrons. The average Bonchev–Trinajstić information content (AvgIpc) is 3.14. The Bertz CT molecular complexity index is 1710. The zero-order valence-electron chi connectivity index (χ0n) is 27.5. The summed E-state index contributed by atoms with van der Waals surface area (Å²) in [4.78, 5) is 7.91. The summed E-state index contributed by atoms with van der Waals surface area (Å²) in [6, 6.07) is 47.6. The number of hydrogen-bond acceptors (Lipinski definition) is 3. The fourth-order valence-electron chi connectivity index (χ4n) is 6.41. The van der Waals surface area contributed by atoms with Crippen molar-refractivity contribution in [3.05, 3.63) is 157 Å². The van der Waals surface area contributed by atoms with Gasteiger partial charge in [-0.15, -0.1) is 0 Å². The van der Waals surface area contributed by atoms with Gasteiger partial charge in [0.15, 0.2) is 0 Å². The molecule has 9 heteroatoms. The van der Waals surface area contributed by atoms with Crippen LogP contribution in [0.4, 0.5) is 4.20 Å². The van der Waals surface area contributed by atoms with Gasteiger partial charge in [0.05, 0.1) is 6.54 Å². The molecule has 49 heavy (non-hydrogen) atoms. The average molecular weight is 696 g/mol. The van der Waals surface area contributed by atoms with Gasteiger partial charge < -0.3 is 18.1 Å². The van der Waals surface area contributed by atoms with E-state index < -0.39 is 6.91 Å². The van der Waals surface area contributed by atoms with E-state index in [-0.39, 0.29) is 18.6 Å². The van der Waals surface area contributed by atoms with Crippen molar-refractivity contribution < 1.29 is 26.3 Å². The van der Waals surface area contributed by atoms with E-state index in [4.69, 9.17) is 10.5 Å². The number of unbranched alkanes of at least 4 members (excludes halogenated alkanes) is 2. The van der Waals surface area contributed by atoms with Crippen LogP contribution >= 0.6 is 6.91 Å². The molecule has 1 unspecified atom stereocenters. The van der Waals surface area contributed by atoms with Crippen molar-refractivity contribution in [1.29, 1.82) is 0 Å². The Morgan fingerprint density at radius 3 is 1.78 bits per heavy atom. The fourth-order valence-corrected chi connectivity index (χ4v) is 11.3. The minimum Gasteiger partial charge on any atom is -1.00 e. The molecular formula is C40H44ClFN5OP. The third-order valence-corrected chi connectivity index (χ3v) is 14.2. The van der Waals surface area contributed by atoms with E-state index in [1.54, 1.807) is 0 Å². The van der Waals surface area contributed by atoms with Gasteiger partial charge in [-0.05, 0) is 5.56 Å². The summed E-state index contributed by atoms with van der Waals surface area (Å²) in [7, 11) is 0. The molecule has 0 bridgehead atoms. The van der Waals surface area contributed by atoms with Gasteiger partial charge >= 0.3 is 213 Å². The number of guanidine groups is 2. The molecule has 1 aliphatic heterocycles. The molecule has 0 saturated carbocycles. The Kier molecular flexibility index (Phi) is 12.1. The Morgan fingerprint density at radius 1 is 0.694 bits per heavy atom. The zero-order chi connectivity index (χ0) is 33.1. The minimum absolute atomic E-state index is 0. The normalized spacial score (nSPS) is 15.9. The van der Waals surface area contributed by atoms with Gasteiger partial charge in [-0.2, -0.15) is 0 Å². The van der Waals surface area contributed by atoms with Crippen molar-refractivity contribution in [3.63, 3.8) is 0 Å². The van der Waals surface area contributed by atoms with Gasteiger partial charge in [-0.25, -0.2) is 5.32 Å². The van der Waals surface area contributed by atoms with Gasteiger partial charge in [0.25, 0.3) is 5.96 Å². The molecule has 6 rings (SSSR count). The van der Waals surface area contributed by atoms with Crippen LogP contribution in [0.3, 0.4) is 0 Å². The van der Waals surface area contributed by atoms with Gasteiger partial charge in [0, 0.05) is 6.42 Å². The second kappa shape index (κ2) is 16.6. The van der Waals surface area contributed by atoms with E-state index in [1.165, 1.54) is 5.56 Å². The number of nitrogens with zero attached hydrogens (tertiary/aromatic N) is 1. The van der Waals surface area contributed by atoms with Crippen LogP contribution in [0, 0.1) is 0 Å². The van der Waals surface area contributed by atoms with E-state index in [1.807, 2.05) is 133 Å². The molecule has 5 N–H and O–H groups in total. The molecule has 0 aromatic heterocycles. The number of nitrogens with one attached hydrogen (secondary N) is 3. The third kappa shape index (κ3) is 8.30. The van der Waals surface area contributed by atoms with Crippen LogP contribution in [0.5, 0.6) is 5.75 Å². The molecule has 0 amide bonds. The van der Waals surface area contributed by atoms with Crippen molar-refractivity contribution in [3.8, 4) is 5.75 Å². The van der Waals surface area contributed by atoms with Crippen molar-refractivity contribution >= 4 is 34.7 Å². The maximum atomic E-state index is 18.6. The zero-order valence-corrected chi connectivity index (χ0v) is 29.2. The Morgan fingerprint density at radius 2 is 1.22 bits per heavy atom. The number of aliphatic imine (C=N–C) groups is 1. The van der Waals surface area contributed by atoms with Gasteiger partial charge in [-0.1, -0.05) is 30.3 Å². The molecule has 1 atom stereocenters. The van der Waals surface area contributed by atoms with Crippen LogP contribution in [0.2, 0.25) is 0 Å². The van der Waals surface area contributed by atoms with Crippen LogP contribution in [0.15, 0.2) is 151 Å². The van der Waals surface area contributed by atoms with Crippen molar-refractivity contribution in [1.82, 2.24) is 10.6 Å². The summed E-state index contributed by atoms with van der Waals surface area (Å²) < 4.78 is 24.7. The summed E-state index contributed by atoms with van der Waals surface area (Å²) in [5.74, 6) is 1.88. The van der Waals surface area contributed by atoms with E-state index in [0.29, 0.717) is 18.7 Å². The summed E-state index contributed by atoms with van der Waals surface area (Å²) in [6.07, 6.45) is 3.46. The molecule has 1 aliphatic rings. The molecule has 254 valence electrons. The first kappa shape index (κ1) is 35.6. The van der Waals surface area contributed by atoms with E-state index >= 15 is 4.20 Å². The number of ether oxygens (including phenoxy) is 1. The summed E-state index contributed by atoms with van der Waals surface area (Å²) in [5.41, 5.74) is 8.34. The van der Waals surface area contributed by atoms with Crippen LogP contribution in [-0.2, 0) is 6.42 Å². The third-order valence-electron chi connectivity index (χ3n) is 8.93. The minimum atomic E-state index is -4.20. The number of rotatable bonds is 14. The van der Waals surface area contributed by atoms with E-state index in [9.17, 15) is 0 Å². The summed E-state index contributed by atoms with van der Waals surface area (Å²) in [6.45, 7) is -2.88. The number of nitrogens with two attached hydrogens (primary N) is 1. The second-order valence-electron chi connectivity index (χ2n) is 12.1. The molecule has 0 saturated heterocycles. The SMILES string of the molecule is NC1=NC(c2ccc(OCCCCCP(F)(c3ccccc3)(c3ccccc3)c3ccccc3)cc2)NC(=[NH+]CCc2ccccc2)N1.[Cl-]. The maximum absolute atomic E-state index is 18.6. The molecule has 0 fully saturated rings. The first-order chi connectivity index (χ1) is 23.5. The van der Waals surface area contributed by atoms with Crippen LogP contribution < -0.4 is 54.4 Å². The molecule has 0 aliphatic carbocycles.